The van der Waals surface area contributed by atoms with Crippen LogP contribution in [-0.2, 0) is 11.3 Å². The van der Waals surface area contributed by atoms with E-state index in [0.717, 1.165) is 37.3 Å². The summed E-state index contributed by atoms with van der Waals surface area (Å²) in [6, 6.07) is 7.56. The number of imidazole rings is 1. The van der Waals surface area contributed by atoms with Gasteiger partial charge in [-0.05, 0) is 30.9 Å². The summed E-state index contributed by atoms with van der Waals surface area (Å²) >= 11 is 0. The number of hydrogen-bond donors (Lipinski definition) is 2. The SMILES string of the molecule is C=C(CC(C)C)NCCn1c(C(=O)N2CCNCC2)c(C2C=CC=CC2)n(-c2cccc(OCCCOC)c2)c1=O. The molecule has 222 valence electrons. The summed E-state index contributed by atoms with van der Waals surface area (Å²) in [5.74, 6) is 0.926. The smallest absolute Gasteiger partial charge is 0.333 e. The Morgan fingerprint density at radius 3 is 2.71 bits per heavy atom. The molecule has 9 heteroatoms. The van der Waals surface area contributed by atoms with Crippen LogP contribution in [0.25, 0.3) is 5.69 Å². The van der Waals surface area contributed by atoms with Crippen LogP contribution >= 0.6 is 0 Å². The highest BCUT2D eigenvalue weighted by Gasteiger charge is 2.33. The summed E-state index contributed by atoms with van der Waals surface area (Å²) in [7, 11) is 1.67. The Hall–Kier alpha value is -3.56. The molecule has 1 aliphatic carbocycles. The standard InChI is InChI=1S/C32H45N5O4/c1-24(2)22-25(3)34-16-19-36-30(31(38)35-17-14-33-15-18-35)29(26-10-6-5-7-11-26)37(32(36)39)27-12-8-13-28(23-27)41-21-9-20-40-4/h5-8,10,12-13,23-24,26,33-34H,3,9,11,14-22H2,1-2,4H3. The minimum absolute atomic E-state index is 0.103. The van der Waals surface area contributed by atoms with Crippen LogP contribution in [0.15, 0.2) is 65.6 Å². The predicted octanol–water partition coefficient (Wildman–Crippen LogP) is 3.85. The van der Waals surface area contributed by atoms with E-state index in [9.17, 15) is 9.59 Å². The normalized spacial score (nSPS) is 16.8. The number of rotatable bonds is 14. The molecule has 2 aliphatic rings. The minimum Gasteiger partial charge on any atom is -0.493 e. The highest BCUT2D eigenvalue weighted by Crippen LogP contribution is 2.31. The largest absolute Gasteiger partial charge is 0.493 e. The molecule has 1 amide bonds. The summed E-state index contributed by atoms with van der Waals surface area (Å²) in [6.07, 6.45) is 10.5. The molecule has 1 atom stereocenters. The fourth-order valence-corrected chi connectivity index (χ4v) is 5.40. The highest BCUT2D eigenvalue weighted by molar-refractivity contribution is 5.94. The number of hydrogen-bond acceptors (Lipinski definition) is 6. The molecule has 2 aromatic rings. The van der Waals surface area contributed by atoms with Gasteiger partial charge in [-0.3, -0.25) is 13.9 Å². The Bertz CT molecular complexity index is 1300. The lowest BCUT2D eigenvalue weighted by Gasteiger charge is -2.28. The van der Waals surface area contributed by atoms with Crippen molar-refractivity contribution < 1.29 is 14.3 Å². The number of benzene rings is 1. The maximum atomic E-state index is 14.3. The Balaban J connectivity index is 1.78. The Labute approximate surface area is 243 Å². The molecule has 1 aromatic carbocycles. The number of aromatic nitrogens is 2. The molecule has 0 spiro atoms. The third kappa shape index (κ3) is 7.80. The number of piperazine rings is 1. The molecule has 0 radical (unpaired) electrons. The fraction of sp³-hybridized carbons (Fsp3) is 0.500. The topological polar surface area (TPSA) is 89.8 Å². The van der Waals surface area contributed by atoms with Gasteiger partial charge in [-0.25, -0.2) is 4.79 Å². The first-order valence-corrected chi connectivity index (χ1v) is 14.7. The van der Waals surface area contributed by atoms with E-state index in [-0.39, 0.29) is 17.5 Å². The molecule has 1 aliphatic heterocycles. The third-order valence-corrected chi connectivity index (χ3v) is 7.32. The van der Waals surface area contributed by atoms with Crippen molar-refractivity contribution in [1.82, 2.24) is 24.7 Å². The molecule has 0 saturated carbocycles. The van der Waals surface area contributed by atoms with Gasteiger partial charge in [0, 0.05) is 77.1 Å². The molecule has 1 fully saturated rings. The third-order valence-electron chi connectivity index (χ3n) is 7.32. The molecule has 41 heavy (non-hydrogen) atoms. The predicted molar refractivity (Wildman–Crippen MR) is 163 cm³/mol. The van der Waals surface area contributed by atoms with Crippen LogP contribution < -0.4 is 21.1 Å². The van der Waals surface area contributed by atoms with Gasteiger partial charge in [0.2, 0.25) is 0 Å². The molecule has 0 bridgehead atoms. The molecule has 4 rings (SSSR count). The van der Waals surface area contributed by atoms with Crippen LogP contribution in [0, 0.1) is 5.92 Å². The summed E-state index contributed by atoms with van der Waals surface area (Å²) < 4.78 is 14.5. The van der Waals surface area contributed by atoms with Crippen molar-refractivity contribution in [3.05, 3.63) is 82.7 Å². The summed E-state index contributed by atoms with van der Waals surface area (Å²) in [5, 5.41) is 6.69. The lowest BCUT2D eigenvalue weighted by atomic mass is 9.94. The monoisotopic (exact) mass is 563 g/mol. The molecule has 9 nitrogen and oxygen atoms in total. The summed E-state index contributed by atoms with van der Waals surface area (Å²) in [6.45, 7) is 13.1. The molecule has 1 aromatic heterocycles. The molecular formula is C32H45N5O4. The Kier molecular flexibility index (Phi) is 11.0. The maximum absolute atomic E-state index is 14.3. The van der Waals surface area contributed by atoms with Crippen molar-refractivity contribution in [3.63, 3.8) is 0 Å². The zero-order valence-corrected chi connectivity index (χ0v) is 24.7. The van der Waals surface area contributed by atoms with Crippen LogP contribution in [0.5, 0.6) is 5.75 Å². The first-order chi connectivity index (χ1) is 19.9. The Morgan fingerprint density at radius 1 is 1.20 bits per heavy atom. The summed E-state index contributed by atoms with van der Waals surface area (Å²) in [5.41, 5.74) is 2.57. The number of ether oxygens (including phenoxy) is 2. The van der Waals surface area contributed by atoms with Gasteiger partial charge in [-0.2, -0.15) is 0 Å². The van der Waals surface area contributed by atoms with E-state index in [1.165, 1.54) is 0 Å². The van der Waals surface area contributed by atoms with Gasteiger partial charge in [0.15, 0.2) is 0 Å². The van der Waals surface area contributed by atoms with Gasteiger partial charge in [0.25, 0.3) is 5.91 Å². The van der Waals surface area contributed by atoms with E-state index >= 15 is 0 Å². The van der Waals surface area contributed by atoms with Gasteiger partial charge in [0.05, 0.1) is 18.0 Å². The number of amides is 1. The van der Waals surface area contributed by atoms with Crippen LogP contribution in [0.2, 0.25) is 0 Å². The van der Waals surface area contributed by atoms with Gasteiger partial charge in [-0.1, -0.05) is 50.8 Å². The number of carbonyl (C=O) groups is 1. The van der Waals surface area contributed by atoms with Gasteiger partial charge in [0.1, 0.15) is 11.4 Å². The van der Waals surface area contributed by atoms with Crippen molar-refractivity contribution in [3.8, 4) is 11.4 Å². The van der Waals surface area contributed by atoms with Gasteiger partial charge >= 0.3 is 5.69 Å². The molecule has 2 heterocycles. The summed E-state index contributed by atoms with van der Waals surface area (Å²) in [4.78, 5) is 30.4. The second-order valence-electron chi connectivity index (χ2n) is 11.0. The second kappa shape index (κ2) is 14.9. The number of allylic oxidation sites excluding steroid dienone is 5. The van der Waals surface area contributed by atoms with Crippen LogP contribution in [0.4, 0.5) is 0 Å². The molecule has 2 N–H and O–H groups in total. The van der Waals surface area contributed by atoms with Crippen molar-refractivity contribution in [2.45, 2.75) is 45.6 Å². The van der Waals surface area contributed by atoms with E-state index in [0.29, 0.717) is 68.9 Å². The van der Waals surface area contributed by atoms with Crippen molar-refractivity contribution in [1.29, 1.82) is 0 Å². The molecule has 1 saturated heterocycles. The Morgan fingerprint density at radius 2 is 2.00 bits per heavy atom. The minimum atomic E-state index is -0.228. The first-order valence-electron chi connectivity index (χ1n) is 14.7. The van der Waals surface area contributed by atoms with Crippen molar-refractivity contribution >= 4 is 5.91 Å². The van der Waals surface area contributed by atoms with Crippen molar-refractivity contribution in [2.24, 2.45) is 5.92 Å². The molecule has 1 unspecified atom stereocenters. The lowest BCUT2D eigenvalue weighted by Crippen LogP contribution is -2.47. The van der Waals surface area contributed by atoms with E-state index < -0.39 is 0 Å². The number of nitrogens with zero attached hydrogens (tertiary/aromatic N) is 3. The van der Waals surface area contributed by atoms with E-state index in [1.807, 2.05) is 41.3 Å². The average Bonchev–Trinajstić information content (AvgIpc) is 3.27. The van der Waals surface area contributed by atoms with Gasteiger partial charge < -0.3 is 25.0 Å². The number of methoxy groups -OCH3 is 1. The van der Waals surface area contributed by atoms with Gasteiger partial charge in [-0.15, -0.1) is 0 Å². The van der Waals surface area contributed by atoms with Crippen LogP contribution in [0.1, 0.15) is 55.2 Å². The van der Waals surface area contributed by atoms with E-state index in [2.05, 4.69) is 43.2 Å². The first kappa shape index (κ1) is 30.4. The lowest BCUT2D eigenvalue weighted by molar-refractivity contribution is 0.0722. The van der Waals surface area contributed by atoms with Crippen LogP contribution in [-0.4, -0.2) is 73.0 Å². The number of nitrogens with one attached hydrogen (secondary N) is 2. The fourth-order valence-electron chi connectivity index (χ4n) is 5.40. The van der Waals surface area contributed by atoms with E-state index in [4.69, 9.17) is 9.47 Å². The second-order valence-corrected chi connectivity index (χ2v) is 11.0. The zero-order valence-electron chi connectivity index (χ0n) is 24.7. The average molecular weight is 564 g/mol. The maximum Gasteiger partial charge on any atom is 0.333 e. The van der Waals surface area contributed by atoms with E-state index in [1.54, 1.807) is 16.2 Å². The quantitative estimate of drug-likeness (QED) is 0.340. The zero-order chi connectivity index (χ0) is 29.2. The highest BCUT2D eigenvalue weighted by atomic mass is 16.5. The number of carbonyl (C=O) groups excluding carboxylic acids is 1. The van der Waals surface area contributed by atoms with Crippen molar-refractivity contribution in [2.75, 3.05) is 53.0 Å². The molecular weight excluding hydrogens is 518 g/mol. The van der Waals surface area contributed by atoms with Crippen LogP contribution in [0.3, 0.4) is 0 Å².